The van der Waals surface area contributed by atoms with Gasteiger partial charge in [0.25, 0.3) is 0 Å². The van der Waals surface area contributed by atoms with Crippen LogP contribution in [0.25, 0.3) is 0 Å². The molecule has 0 fully saturated rings. The predicted octanol–water partition coefficient (Wildman–Crippen LogP) is 3.38. The summed E-state index contributed by atoms with van der Waals surface area (Å²) in [4.78, 5) is 0. The van der Waals surface area contributed by atoms with Crippen molar-refractivity contribution in [2.75, 3.05) is 11.9 Å². The Balaban J connectivity index is 2.34. The summed E-state index contributed by atoms with van der Waals surface area (Å²) in [5.41, 5.74) is 1.03. The van der Waals surface area contributed by atoms with Crippen LogP contribution in [-0.2, 0) is 0 Å². The fourth-order valence-electron chi connectivity index (χ4n) is 1.09. The van der Waals surface area contributed by atoms with Crippen molar-refractivity contribution < 1.29 is 0 Å². The van der Waals surface area contributed by atoms with Crippen LogP contribution in [0.5, 0.6) is 0 Å². The highest BCUT2D eigenvalue weighted by Gasteiger charge is 1.96. The maximum atomic E-state index is 5.16. The summed E-state index contributed by atoms with van der Waals surface area (Å²) in [5.74, 6) is 0. The molecule has 1 aromatic carbocycles. The molecule has 0 aliphatic carbocycles. The Morgan fingerprint density at radius 1 is 1.33 bits per heavy atom. The average Bonchev–Trinajstić information content (AvgIpc) is 2.22. The molecule has 2 nitrogen and oxygen atoms in total. The van der Waals surface area contributed by atoms with Crippen LogP contribution in [0.15, 0.2) is 24.3 Å². The standard InChI is InChI=1S/C11H15IN2S/c1-2-3-8-13-11(15)14-10-6-4-9(12)5-7-10/h4-7H,2-3,8H2,1H3,(H2,13,14,15). The Kier molecular flexibility index (Phi) is 5.93. The largest absolute Gasteiger partial charge is 0.362 e. The van der Waals surface area contributed by atoms with E-state index < -0.39 is 0 Å². The summed E-state index contributed by atoms with van der Waals surface area (Å²) >= 11 is 7.44. The Morgan fingerprint density at radius 2 is 2.00 bits per heavy atom. The van der Waals surface area contributed by atoms with Gasteiger partial charge in [-0.25, -0.2) is 0 Å². The highest BCUT2D eigenvalue weighted by molar-refractivity contribution is 14.1. The summed E-state index contributed by atoms with van der Waals surface area (Å²) in [6, 6.07) is 8.15. The second-order valence-corrected chi connectivity index (χ2v) is 4.90. The van der Waals surface area contributed by atoms with Crippen LogP contribution in [0.4, 0.5) is 5.69 Å². The summed E-state index contributed by atoms with van der Waals surface area (Å²) in [7, 11) is 0. The van der Waals surface area contributed by atoms with Gasteiger partial charge in [0.2, 0.25) is 0 Å². The summed E-state index contributed by atoms with van der Waals surface area (Å²) < 4.78 is 1.23. The minimum atomic E-state index is 0.699. The fraction of sp³-hybridized carbons (Fsp3) is 0.364. The topological polar surface area (TPSA) is 24.1 Å². The molecular formula is C11H15IN2S. The number of benzene rings is 1. The van der Waals surface area contributed by atoms with Gasteiger partial charge >= 0.3 is 0 Å². The van der Waals surface area contributed by atoms with Crippen LogP contribution in [0, 0.1) is 3.57 Å². The zero-order valence-corrected chi connectivity index (χ0v) is 11.7. The van der Waals surface area contributed by atoms with E-state index in [1.807, 2.05) is 12.1 Å². The third kappa shape index (κ3) is 5.32. The molecule has 0 amide bonds. The maximum absolute atomic E-state index is 5.16. The van der Waals surface area contributed by atoms with E-state index in [2.05, 4.69) is 52.3 Å². The zero-order chi connectivity index (χ0) is 11.1. The van der Waals surface area contributed by atoms with Crippen LogP contribution in [0.1, 0.15) is 19.8 Å². The van der Waals surface area contributed by atoms with Gasteiger partial charge in [0, 0.05) is 15.8 Å². The minimum Gasteiger partial charge on any atom is -0.362 e. The quantitative estimate of drug-likeness (QED) is 0.502. The first-order valence-electron chi connectivity index (χ1n) is 5.03. The van der Waals surface area contributed by atoms with Crippen molar-refractivity contribution in [3.05, 3.63) is 27.8 Å². The van der Waals surface area contributed by atoms with Crippen molar-refractivity contribution in [2.24, 2.45) is 0 Å². The maximum Gasteiger partial charge on any atom is 0.170 e. The minimum absolute atomic E-state index is 0.699. The molecular weight excluding hydrogens is 319 g/mol. The molecule has 0 aromatic heterocycles. The van der Waals surface area contributed by atoms with Crippen LogP contribution in [0.2, 0.25) is 0 Å². The van der Waals surface area contributed by atoms with Gasteiger partial charge in [0.15, 0.2) is 5.11 Å². The first-order chi connectivity index (χ1) is 7.22. The fourth-order valence-corrected chi connectivity index (χ4v) is 1.67. The number of nitrogens with one attached hydrogen (secondary N) is 2. The molecule has 0 saturated heterocycles. The molecule has 0 heterocycles. The molecule has 0 aliphatic rings. The van der Waals surface area contributed by atoms with Gasteiger partial charge in [-0.3, -0.25) is 0 Å². The molecule has 2 N–H and O–H groups in total. The Labute approximate surface area is 110 Å². The van der Waals surface area contributed by atoms with Gasteiger partial charge in [0.05, 0.1) is 0 Å². The van der Waals surface area contributed by atoms with Gasteiger partial charge < -0.3 is 10.6 Å². The Bertz CT molecular complexity index is 311. The smallest absolute Gasteiger partial charge is 0.170 e. The Morgan fingerprint density at radius 3 is 2.60 bits per heavy atom. The van der Waals surface area contributed by atoms with Crippen molar-refractivity contribution in [3.63, 3.8) is 0 Å². The number of unbranched alkanes of at least 4 members (excludes halogenated alkanes) is 1. The van der Waals surface area contributed by atoms with Gasteiger partial charge in [-0.05, 0) is 65.5 Å². The summed E-state index contributed by atoms with van der Waals surface area (Å²) in [5, 5.41) is 7.01. The van der Waals surface area contributed by atoms with E-state index in [1.54, 1.807) is 0 Å². The lowest BCUT2D eigenvalue weighted by Gasteiger charge is -2.09. The number of rotatable bonds is 4. The molecule has 0 spiro atoms. The van der Waals surface area contributed by atoms with Crippen molar-refractivity contribution in [3.8, 4) is 0 Å². The monoisotopic (exact) mass is 334 g/mol. The molecule has 4 heteroatoms. The van der Waals surface area contributed by atoms with E-state index in [4.69, 9.17) is 12.2 Å². The van der Waals surface area contributed by atoms with Crippen LogP contribution >= 0.6 is 34.8 Å². The van der Waals surface area contributed by atoms with Crippen molar-refractivity contribution in [2.45, 2.75) is 19.8 Å². The number of hydrogen-bond acceptors (Lipinski definition) is 1. The molecule has 0 aliphatic heterocycles. The third-order valence-corrected chi connectivity index (χ3v) is 2.88. The van der Waals surface area contributed by atoms with Gasteiger partial charge in [0.1, 0.15) is 0 Å². The molecule has 0 saturated carbocycles. The lowest BCUT2D eigenvalue weighted by atomic mass is 10.3. The molecule has 0 atom stereocenters. The van der Waals surface area contributed by atoms with Crippen LogP contribution in [0.3, 0.4) is 0 Å². The number of thiocarbonyl (C=S) groups is 1. The van der Waals surface area contributed by atoms with Crippen molar-refractivity contribution >= 4 is 45.6 Å². The van der Waals surface area contributed by atoms with E-state index in [0.717, 1.165) is 18.7 Å². The molecule has 0 radical (unpaired) electrons. The van der Waals surface area contributed by atoms with Crippen LogP contribution < -0.4 is 10.6 Å². The highest BCUT2D eigenvalue weighted by atomic mass is 127. The average molecular weight is 334 g/mol. The summed E-state index contributed by atoms with van der Waals surface area (Å²) in [6.45, 7) is 3.10. The normalized spacial score (nSPS) is 9.73. The van der Waals surface area contributed by atoms with E-state index in [-0.39, 0.29) is 0 Å². The molecule has 82 valence electrons. The zero-order valence-electron chi connectivity index (χ0n) is 8.72. The van der Waals surface area contributed by atoms with Gasteiger partial charge in [-0.15, -0.1) is 0 Å². The first kappa shape index (κ1) is 12.7. The van der Waals surface area contributed by atoms with Crippen molar-refractivity contribution in [1.29, 1.82) is 0 Å². The highest BCUT2D eigenvalue weighted by Crippen LogP contribution is 2.10. The van der Waals surface area contributed by atoms with Crippen molar-refractivity contribution in [1.82, 2.24) is 5.32 Å². The lowest BCUT2D eigenvalue weighted by molar-refractivity contribution is 0.758. The SMILES string of the molecule is CCCCNC(=S)Nc1ccc(I)cc1. The van der Waals surface area contributed by atoms with E-state index in [9.17, 15) is 0 Å². The Hall–Kier alpha value is -0.360. The summed E-state index contributed by atoms with van der Waals surface area (Å²) in [6.07, 6.45) is 2.33. The molecule has 0 bridgehead atoms. The molecule has 15 heavy (non-hydrogen) atoms. The number of hydrogen-bond donors (Lipinski definition) is 2. The number of anilines is 1. The molecule has 1 aromatic rings. The van der Waals surface area contributed by atoms with E-state index in [1.165, 1.54) is 9.99 Å². The lowest BCUT2D eigenvalue weighted by Crippen LogP contribution is -2.29. The van der Waals surface area contributed by atoms with Gasteiger partial charge in [-0.2, -0.15) is 0 Å². The van der Waals surface area contributed by atoms with Gasteiger partial charge in [-0.1, -0.05) is 13.3 Å². The molecule has 0 unspecified atom stereocenters. The van der Waals surface area contributed by atoms with E-state index >= 15 is 0 Å². The second-order valence-electron chi connectivity index (χ2n) is 3.24. The predicted molar refractivity (Wildman–Crippen MR) is 78.3 cm³/mol. The number of halogens is 1. The van der Waals surface area contributed by atoms with Crippen LogP contribution in [-0.4, -0.2) is 11.7 Å². The van der Waals surface area contributed by atoms with E-state index in [0.29, 0.717) is 5.11 Å². The molecule has 1 rings (SSSR count). The first-order valence-corrected chi connectivity index (χ1v) is 6.51. The third-order valence-electron chi connectivity index (χ3n) is 1.92. The second kappa shape index (κ2) is 7.00.